The first kappa shape index (κ1) is 15.3. The number of hydrogen-bond acceptors (Lipinski definition) is 5. The zero-order valence-corrected chi connectivity index (χ0v) is 12.6. The first-order chi connectivity index (χ1) is 10.1. The number of methoxy groups -OCH3 is 1. The molecule has 1 aromatic heterocycles. The number of carbonyl (C=O) groups is 1. The average molecular weight is 291 g/mol. The molecule has 0 spiro atoms. The summed E-state index contributed by atoms with van der Waals surface area (Å²) in [6.45, 7) is 4.29. The first-order valence-electron chi connectivity index (χ1n) is 6.98. The quantitative estimate of drug-likeness (QED) is 0.648. The van der Waals surface area contributed by atoms with Crippen LogP contribution in [0.25, 0.3) is 11.0 Å². The highest BCUT2D eigenvalue weighted by Crippen LogP contribution is 2.22. The van der Waals surface area contributed by atoms with Gasteiger partial charge in [0.1, 0.15) is 24.0 Å². The number of aryl methyl sites for hydroxylation is 1. The second kappa shape index (κ2) is 6.58. The number of nitrogen functional groups attached to an aromatic ring is 1. The summed E-state index contributed by atoms with van der Waals surface area (Å²) in [4.78, 5) is 16.5. The summed E-state index contributed by atoms with van der Waals surface area (Å²) >= 11 is 0. The Morgan fingerprint density at radius 3 is 2.90 bits per heavy atom. The van der Waals surface area contributed by atoms with E-state index in [1.807, 2.05) is 23.6 Å². The van der Waals surface area contributed by atoms with Crippen molar-refractivity contribution in [2.75, 3.05) is 19.5 Å². The van der Waals surface area contributed by atoms with Crippen molar-refractivity contribution >= 4 is 22.7 Å². The van der Waals surface area contributed by atoms with E-state index in [2.05, 4.69) is 4.98 Å². The maximum Gasteiger partial charge on any atom is 0.326 e. The first-order valence-corrected chi connectivity index (χ1v) is 6.98. The van der Waals surface area contributed by atoms with Gasteiger partial charge in [-0.2, -0.15) is 0 Å². The highest BCUT2D eigenvalue weighted by Gasteiger charge is 2.16. The van der Waals surface area contributed by atoms with Crippen LogP contribution in [0.5, 0.6) is 0 Å². The van der Waals surface area contributed by atoms with Crippen LogP contribution in [0, 0.1) is 0 Å². The molecule has 2 aromatic rings. The summed E-state index contributed by atoms with van der Waals surface area (Å²) < 4.78 is 12.1. The number of esters is 1. The smallest absolute Gasteiger partial charge is 0.326 e. The minimum atomic E-state index is -0.309. The zero-order chi connectivity index (χ0) is 15.4. The molecular weight excluding hydrogens is 270 g/mol. The number of para-hydroxylation sites is 1. The Hall–Kier alpha value is -2.08. The van der Waals surface area contributed by atoms with Gasteiger partial charge in [0.15, 0.2) is 0 Å². The van der Waals surface area contributed by atoms with Gasteiger partial charge >= 0.3 is 5.97 Å². The highest BCUT2D eigenvalue weighted by atomic mass is 16.6. The molecule has 0 aliphatic carbocycles. The summed E-state index contributed by atoms with van der Waals surface area (Å²) in [5.74, 6) is 0.509. The SMILES string of the molecule is CCc1nc2c(N)cccc2n1CC(=O)OC(C)COC. The number of fused-ring (bicyclic) bond motifs is 1. The van der Waals surface area contributed by atoms with Crippen LogP contribution >= 0.6 is 0 Å². The van der Waals surface area contributed by atoms with Crippen LogP contribution in [0.1, 0.15) is 19.7 Å². The number of imidazole rings is 1. The third kappa shape index (κ3) is 3.33. The summed E-state index contributed by atoms with van der Waals surface area (Å²) in [7, 11) is 1.58. The molecule has 114 valence electrons. The molecule has 0 fully saturated rings. The van der Waals surface area contributed by atoms with Crippen LogP contribution in [0.15, 0.2) is 18.2 Å². The largest absolute Gasteiger partial charge is 0.459 e. The van der Waals surface area contributed by atoms with Gasteiger partial charge in [-0.1, -0.05) is 13.0 Å². The lowest BCUT2D eigenvalue weighted by atomic mass is 10.3. The summed E-state index contributed by atoms with van der Waals surface area (Å²) in [5.41, 5.74) is 8.13. The third-order valence-corrected chi connectivity index (χ3v) is 3.23. The Morgan fingerprint density at radius 1 is 1.48 bits per heavy atom. The van der Waals surface area contributed by atoms with Gasteiger partial charge in [0.25, 0.3) is 0 Å². The van der Waals surface area contributed by atoms with Gasteiger partial charge in [0.05, 0.1) is 17.8 Å². The van der Waals surface area contributed by atoms with Gasteiger partial charge in [-0.05, 0) is 19.1 Å². The van der Waals surface area contributed by atoms with Gasteiger partial charge in [-0.25, -0.2) is 4.98 Å². The van der Waals surface area contributed by atoms with Crippen LogP contribution < -0.4 is 5.73 Å². The van der Waals surface area contributed by atoms with Crippen LogP contribution in [-0.4, -0.2) is 35.3 Å². The van der Waals surface area contributed by atoms with Gasteiger partial charge < -0.3 is 19.8 Å². The fourth-order valence-electron chi connectivity index (χ4n) is 2.32. The van der Waals surface area contributed by atoms with E-state index in [1.54, 1.807) is 20.1 Å². The molecule has 0 bridgehead atoms. The third-order valence-electron chi connectivity index (χ3n) is 3.23. The predicted octanol–water partition coefficient (Wildman–Crippen LogP) is 1.76. The normalized spacial score (nSPS) is 12.5. The molecule has 6 heteroatoms. The second-order valence-corrected chi connectivity index (χ2v) is 4.94. The molecule has 0 saturated heterocycles. The standard InChI is InChI=1S/C15H21N3O3/c1-4-13-17-15-11(16)6-5-7-12(15)18(13)8-14(19)21-10(2)9-20-3/h5-7,10H,4,8-9,16H2,1-3H3. The lowest BCUT2D eigenvalue weighted by Crippen LogP contribution is -2.23. The Labute approximate surface area is 123 Å². The predicted molar refractivity (Wildman–Crippen MR) is 81.0 cm³/mol. The van der Waals surface area contributed by atoms with Crippen molar-refractivity contribution in [3.63, 3.8) is 0 Å². The number of hydrogen-bond donors (Lipinski definition) is 1. The molecule has 1 unspecified atom stereocenters. The van der Waals surface area contributed by atoms with E-state index in [0.717, 1.165) is 23.3 Å². The van der Waals surface area contributed by atoms with Crippen molar-refractivity contribution in [2.24, 2.45) is 0 Å². The number of aromatic nitrogens is 2. The van der Waals surface area contributed by atoms with Crippen molar-refractivity contribution in [3.05, 3.63) is 24.0 Å². The minimum Gasteiger partial charge on any atom is -0.459 e. The second-order valence-electron chi connectivity index (χ2n) is 4.94. The van der Waals surface area contributed by atoms with Crippen LogP contribution in [0.4, 0.5) is 5.69 Å². The molecule has 2 N–H and O–H groups in total. The van der Waals surface area contributed by atoms with Crippen LogP contribution in [0.2, 0.25) is 0 Å². The molecule has 21 heavy (non-hydrogen) atoms. The zero-order valence-electron chi connectivity index (χ0n) is 12.6. The Balaban J connectivity index is 2.25. The van der Waals surface area contributed by atoms with E-state index in [0.29, 0.717) is 12.3 Å². The maximum atomic E-state index is 12.0. The number of benzene rings is 1. The Morgan fingerprint density at radius 2 is 2.24 bits per heavy atom. The van der Waals surface area contributed by atoms with Gasteiger partial charge in [-0.15, -0.1) is 0 Å². The number of carbonyl (C=O) groups excluding carboxylic acids is 1. The Bertz CT molecular complexity index is 636. The van der Waals surface area contributed by atoms with Crippen LogP contribution in [0.3, 0.4) is 0 Å². The molecular formula is C15H21N3O3. The molecule has 1 atom stereocenters. The number of anilines is 1. The van der Waals surface area contributed by atoms with Crippen molar-refractivity contribution in [2.45, 2.75) is 32.9 Å². The molecule has 2 rings (SSSR count). The number of nitrogens with zero attached hydrogens (tertiary/aromatic N) is 2. The van der Waals surface area contributed by atoms with Crippen molar-refractivity contribution in [3.8, 4) is 0 Å². The van der Waals surface area contributed by atoms with E-state index >= 15 is 0 Å². The molecule has 1 heterocycles. The summed E-state index contributed by atoms with van der Waals surface area (Å²) in [6, 6.07) is 5.57. The molecule has 0 aliphatic heterocycles. The van der Waals surface area contributed by atoms with Crippen molar-refractivity contribution in [1.29, 1.82) is 0 Å². The van der Waals surface area contributed by atoms with Crippen LogP contribution in [-0.2, 0) is 27.2 Å². The van der Waals surface area contributed by atoms with Crippen molar-refractivity contribution < 1.29 is 14.3 Å². The summed E-state index contributed by atoms with van der Waals surface area (Å²) in [6.07, 6.45) is 0.446. The molecule has 0 saturated carbocycles. The monoisotopic (exact) mass is 291 g/mol. The van der Waals surface area contributed by atoms with E-state index in [-0.39, 0.29) is 18.6 Å². The lowest BCUT2D eigenvalue weighted by molar-refractivity contribution is -0.151. The molecule has 6 nitrogen and oxygen atoms in total. The molecule has 1 aromatic carbocycles. The minimum absolute atomic E-state index is 0.122. The van der Waals surface area contributed by atoms with E-state index in [4.69, 9.17) is 15.2 Å². The van der Waals surface area contributed by atoms with Crippen molar-refractivity contribution in [1.82, 2.24) is 9.55 Å². The fourth-order valence-corrected chi connectivity index (χ4v) is 2.32. The number of ether oxygens (including phenoxy) is 2. The number of nitrogens with two attached hydrogens (primary N) is 1. The highest BCUT2D eigenvalue weighted by molar-refractivity contribution is 5.88. The van der Waals surface area contributed by atoms with Gasteiger partial charge in [0.2, 0.25) is 0 Å². The van der Waals surface area contributed by atoms with E-state index in [1.165, 1.54) is 0 Å². The maximum absolute atomic E-state index is 12.0. The fraction of sp³-hybridized carbons (Fsp3) is 0.467. The topological polar surface area (TPSA) is 79.4 Å². The Kier molecular flexibility index (Phi) is 4.80. The molecule has 0 radical (unpaired) electrons. The van der Waals surface area contributed by atoms with E-state index < -0.39 is 0 Å². The van der Waals surface area contributed by atoms with Gasteiger partial charge in [-0.3, -0.25) is 4.79 Å². The molecule has 0 amide bonds. The summed E-state index contributed by atoms with van der Waals surface area (Å²) in [5, 5.41) is 0. The number of rotatable bonds is 6. The lowest BCUT2D eigenvalue weighted by Gasteiger charge is -2.13. The van der Waals surface area contributed by atoms with E-state index in [9.17, 15) is 4.79 Å². The molecule has 0 aliphatic rings. The average Bonchev–Trinajstić information content (AvgIpc) is 2.78. The van der Waals surface area contributed by atoms with Gasteiger partial charge in [0, 0.05) is 13.5 Å².